The number of hydrogen-bond acceptors (Lipinski definition) is 3. The topological polar surface area (TPSA) is 50.9 Å². The highest BCUT2D eigenvalue weighted by Crippen LogP contribution is 2.22. The second kappa shape index (κ2) is 4.87. The average Bonchev–Trinajstić information content (AvgIpc) is 2.31. The zero-order valence-electron chi connectivity index (χ0n) is 10.2. The fourth-order valence-corrected chi connectivity index (χ4v) is 1.72. The summed E-state index contributed by atoms with van der Waals surface area (Å²) in [5.74, 6) is 0. The molecule has 0 saturated carbocycles. The number of benzene rings is 1. The number of pyridine rings is 1. The maximum atomic E-state index is 5.99. The molecule has 3 N–H and O–H groups in total. The number of nitrogen functional groups attached to an aromatic ring is 1. The van der Waals surface area contributed by atoms with Crippen molar-refractivity contribution in [1.82, 2.24) is 4.98 Å². The summed E-state index contributed by atoms with van der Waals surface area (Å²) in [6.45, 7) is 4.69. The minimum Gasteiger partial charge on any atom is -0.397 e. The molecule has 0 fully saturated rings. The summed E-state index contributed by atoms with van der Waals surface area (Å²) in [5.41, 5.74) is 10.9. The Kier molecular flexibility index (Phi) is 3.28. The molecule has 0 atom stereocenters. The van der Waals surface area contributed by atoms with Gasteiger partial charge in [0.2, 0.25) is 0 Å². The van der Waals surface area contributed by atoms with Crippen molar-refractivity contribution < 1.29 is 0 Å². The van der Waals surface area contributed by atoms with Crippen LogP contribution in [0.5, 0.6) is 0 Å². The highest BCUT2D eigenvalue weighted by Gasteiger charge is 2.01. The zero-order valence-corrected chi connectivity index (χ0v) is 10.2. The third kappa shape index (κ3) is 2.75. The van der Waals surface area contributed by atoms with E-state index in [1.165, 1.54) is 0 Å². The van der Waals surface area contributed by atoms with Gasteiger partial charge in [-0.25, -0.2) is 0 Å². The van der Waals surface area contributed by atoms with Gasteiger partial charge in [-0.1, -0.05) is 18.2 Å². The minimum atomic E-state index is 0.690. The maximum Gasteiger partial charge on any atom is 0.0597 e. The van der Waals surface area contributed by atoms with Crippen LogP contribution in [0.15, 0.2) is 36.4 Å². The number of rotatable bonds is 3. The number of nitrogens with two attached hydrogens (primary N) is 1. The summed E-state index contributed by atoms with van der Waals surface area (Å²) in [4.78, 5) is 4.44. The molecule has 1 aromatic heterocycles. The second-order valence-corrected chi connectivity index (χ2v) is 4.16. The van der Waals surface area contributed by atoms with Crippen molar-refractivity contribution in [3.05, 3.63) is 53.3 Å². The summed E-state index contributed by atoms with van der Waals surface area (Å²) in [6, 6.07) is 12.0. The largest absolute Gasteiger partial charge is 0.397 e. The van der Waals surface area contributed by atoms with Gasteiger partial charge in [0.1, 0.15) is 0 Å². The molecule has 3 nitrogen and oxygen atoms in total. The van der Waals surface area contributed by atoms with Crippen molar-refractivity contribution in [3.63, 3.8) is 0 Å². The summed E-state index contributed by atoms with van der Waals surface area (Å²) in [6.07, 6.45) is 0. The third-order valence-corrected chi connectivity index (χ3v) is 2.73. The van der Waals surface area contributed by atoms with Gasteiger partial charge in [-0.05, 0) is 37.6 Å². The lowest BCUT2D eigenvalue weighted by atomic mass is 10.1. The Morgan fingerprint density at radius 2 is 1.88 bits per heavy atom. The summed E-state index contributed by atoms with van der Waals surface area (Å²) >= 11 is 0. The van der Waals surface area contributed by atoms with E-state index in [0.29, 0.717) is 6.54 Å². The first-order chi connectivity index (χ1) is 8.16. The highest BCUT2D eigenvalue weighted by atomic mass is 14.9. The van der Waals surface area contributed by atoms with Crippen LogP contribution in [-0.2, 0) is 6.54 Å². The van der Waals surface area contributed by atoms with Crippen molar-refractivity contribution in [2.75, 3.05) is 11.1 Å². The molecule has 2 aromatic rings. The molecule has 3 heteroatoms. The maximum absolute atomic E-state index is 5.99. The molecule has 0 aliphatic rings. The molecule has 1 heterocycles. The molecular formula is C14H17N3. The van der Waals surface area contributed by atoms with Gasteiger partial charge in [-0.15, -0.1) is 0 Å². The van der Waals surface area contributed by atoms with Gasteiger partial charge in [0, 0.05) is 5.69 Å². The molecule has 0 radical (unpaired) electrons. The molecule has 0 bridgehead atoms. The number of anilines is 2. The monoisotopic (exact) mass is 227 g/mol. The van der Waals surface area contributed by atoms with E-state index in [-0.39, 0.29) is 0 Å². The van der Waals surface area contributed by atoms with Gasteiger partial charge < -0.3 is 11.1 Å². The van der Waals surface area contributed by atoms with Crippen LogP contribution in [0.3, 0.4) is 0 Å². The molecular weight excluding hydrogens is 210 g/mol. The Morgan fingerprint density at radius 1 is 1.12 bits per heavy atom. The lowest BCUT2D eigenvalue weighted by Gasteiger charge is -2.10. The number of hydrogen-bond donors (Lipinski definition) is 2. The van der Waals surface area contributed by atoms with Gasteiger partial charge in [-0.3, -0.25) is 4.98 Å². The van der Waals surface area contributed by atoms with E-state index >= 15 is 0 Å². The van der Waals surface area contributed by atoms with Crippen LogP contribution in [0.25, 0.3) is 0 Å². The fraction of sp³-hybridized carbons (Fsp3) is 0.214. The number of aryl methyl sites for hydroxylation is 2. The summed E-state index contributed by atoms with van der Waals surface area (Å²) in [7, 11) is 0. The summed E-state index contributed by atoms with van der Waals surface area (Å²) in [5, 5.41) is 3.31. The van der Waals surface area contributed by atoms with E-state index in [2.05, 4.69) is 10.3 Å². The normalized spacial score (nSPS) is 10.2. The van der Waals surface area contributed by atoms with Crippen molar-refractivity contribution in [1.29, 1.82) is 0 Å². The predicted octanol–water partition coefficient (Wildman–Crippen LogP) is 2.89. The van der Waals surface area contributed by atoms with E-state index in [1.54, 1.807) is 0 Å². The smallest absolute Gasteiger partial charge is 0.0597 e. The predicted molar refractivity (Wildman–Crippen MR) is 71.9 cm³/mol. The molecule has 1 aromatic carbocycles. The molecule has 0 aliphatic heterocycles. The van der Waals surface area contributed by atoms with Gasteiger partial charge in [0.15, 0.2) is 0 Å². The fourth-order valence-electron chi connectivity index (χ4n) is 1.72. The lowest BCUT2D eigenvalue weighted by Crippen LogP contribution is -2.05. The van der Waals surface area contributed by atoms with E-state index in [0.717, 1.165) is 28.3 Å². The summed E-state index contributed by atoms with van der Waals surface area (Å²) < 4.78 is 0. The van der Waals surface area contributed by atoms with Gasteiger partial charge in [0.05, 0.1) is 23.6 Å². The molecule has 0 saturated heterocycles. The number of nitrogens with zero attached hydrogens (tertiary/aromatic N) is 1. The second-order valence-electron chi connectivity index (χ2n) is 4.16. The third-order valence-electron chi connectivity index (χ3n) is 2.73. The SMILES string of the molecule is Cc1cccc(CNc2cccc(C)c2N)n1. The van der Waals surface area contributed by atoms with Crippen LogP contribution in [0, 0.1) is 13.8 Å². The van der Waals surface area contributed by atoms with Crippen molar-refractivity contribution in [3.8, 4) is 0 Å². The van der Waals surface area contributed by atoms with E-state index in [1.807, 2.05) is 50.2 Å². The first-order valence-corrected chi connectivity index (χ1v) is 5.68. The Hall–Kier alpha value is -2.03. The molecule has 0 amide bonds. The highest BCUT2D eigenvalue weighted by molar-refractivity contribution is 5.69. The number of para-hydroxylation sites is 1. The van der Waals surface area contributed by atoms with E-state index < -0.39 is 0 Å². The van der Waals surface area contributed by atoms with Crippen molar-refractivity contribution >= 4 is 11.4 Å². The zero-order chi connectivity index (χ0) is 12.3. The lowest BCUT2D eigenvalue weighted by molar-refractivity contribution is 1.02. The van der Waals surface area contributed by atoms with Crippen LogP contribution >= 0.6 is 0 Å². The Morgan fingerprint density at radius 3 is 2.65 bits per heavy atom. The number of nitrogens with one attached hydrogen (secondary N) is 1. The molecule has 0 unspecified atom stereocenters. The van der Waals surface area contributed by atoms with Gasteiger partial charge >= 0.3 is 0 Å². The molecule has 2 rings (SSSR count). The standard InChI is InChI=1S/C14H17N3/c1-10-5-3-8-13(14(10)15)16-9-12-7-4-6-11(2)17-12/h3-8,16H,9,15H2,1-2H3. The van der Waals surface area contributed by atoms with E-state index in [9.17, 15) is 0 Å². The molecule has 0 spiro atoms. The van der Waals surface area contributed by atoms with Gasteiger partial charge in [-0.2, -0.15) is 0 Å². The van der Waals surface area contributed by atoms with Crippen molar-refractivity contribution in [2.24, 2.45) is 0 Å². The average molecular weight is 227 g/mol. The molecule has 17 heavy (non-hydrogen) atoms. The van der Waals surface area contributed by atoms with Crippen molar-refractivity contribution in [2.45, 2.75) is 20.4 Å². The van der Waals surface area contributed by atoms with Crippen LogP contribution in [0.2, 0.25) is 0 Å². The minimum absolute atomic E-state index is 0.690. The van der Waals surface area contributed by atoms with Crippen LogP contribution in [0.1, 0.15) is 17.0 Å². The van der Waals surface area contributed by atoms with Crippen LogP contribution < -0.4 is 11.1 Å². The Labute approximate surface area is 102 Å². The first-order valence-electron chi connectivity index (χ1n) is 5.68. The van der Waals surface area contributed by atoms with Crippen LogP contribution in [-0.4, -0.2) is 4.98 Å². The first kappa shape index (κ1) is 11.5. The van der Waals surface area contributed by atoms with E-state index in [4.69, 9.17) is 5.73 Å². The molecule has 88 valence electrons. The van der Waals surface area contributed by atoms with Crippen LogP contribution in [0.4, 0.5) is 11.4 Å². The number of aromatic nitrogens is 1. The molecule has 0 aliphatic carbocycles. The quantitative estimate of drug-likeness (QED) is 0.793. The Bertz CT molecular complexity index is 521. The van der Waals surface area contributed by atoms with Gasteiger partial charge in [0.25, 0.3) is 0 Å². The Balaban J connectivity index is 2.10.